The lowest BCUT2D eigenvalue weighted by Gasteiger charge is -2.23. The van der Waals surface area contributed by atoms with Crippen LogP contribution in [-0.4, -0.2) is 44.2 Å². The van der Waals surface area contributed by atoms with Crippen LogP contribution in [0.1, 0.15) is 47.0 Å². The molecule has 0 spiro atoms. The standard InChI is InChI=1S/C12H28N2O2S/c1-6-12(4)14(5)17(15,16)10-8-7-9-13-11(2)3/h11-13H,6-10H2,1-5H3. The molecular weight excluding hydrogens is 236 g/mol. The van der Waals surface area contributed by atoms with E-state index in [1.165, 1.54) is 4.31 Å². The van der Waals surface area contributed by atoms with Gasteiger partial charge in [-0.15, -0.1) is 0 Å². The van der Waals surface area contributed by atoms with Crippen LogP contribution in [0.5, 0.6) is 0 Å². The summed E-state index contributed by atoms with van der Waals surface area (Å²) in [5, 5.41) is 3.29. The molecule has 0 saturated carbocycles. The predicted octanol–water partition coefficient (Wildman–Crippen LogP) is 1.82. The molecule has 0 aliphatic rings. The van der Waals surface area contributed by atoms with E-state index >= 15 is 0 Å². The summed E-state index contributed by atoms with van der Waals surface area (Å²) in [6.45, 7) is 9.02. The summed E-state index contributed by atoms with van der Waals surface area (Å²) >= 11 is 0. The summed E-state index contributed by atoms with van der Waals surface area (Å²) in [5.41, 5.74) is 0. The highest BCUT2D eigenvalue weighted by Gasteiger charge is 2.21. The van der Waals surface area contributed by atoms with Gasteiger partial charge in [0.05, 0.1) is 5.75 Å². The van der Waals surface area contributed by atoms with Crippen LogP contribution in [0.3, 0.4) is 0 Å². The topological polar surface area (TPSA) is 49.4 Å². The van der Waals surface area contributed by atoms with E-state index < -0.39 is 10.0 Å². The van der Waals surface area contributed by atoms with Crippen LogP contribution < -0.4 is 5.32 Å². The first-order chi connectivity index (χ1) is 7.81. The second-order valence-electron chi connectivity index (χ2n) is 4.91. The number of hydrogen-bond donors (Lipinski definition) is 1. The summed E-state index contributed by atoms with van der Waals surface area (Å²) in [6.07, 6.45) is 2.49. The van der Waals surface area contributed by atoms with E-state index in [-0.39, 0.29) is 11.8 Å². The molecule has 0 aromatic carbocycles. The number of sulfonamides is 1. The minimum atomic E-state index is -3.07. The van der Waals surface area contributed by atoms with Crippen molar-refractivity contribution in [3.05, 3.63) is 0 Å². The first-order valence-electron chi connectivity index (χ1n) is 6.50. The van der Waals surface area contributed by atoms with Gasteiger partial charge in [0.1, 0.15) is 0 Å². The fraction of sp³-hybridized carbons (Fsp3) is 1.00. The van der Waals surface area contributed by atoms with Gasteiger partial charge in [-0.2, -0.15) is 0 Å². The molecule has 0 aromatic heterocycles. The molecule has 17 heavy (non-hydrogen) atoms. The Labute approximate surface area is 107 Å². The van der Waals surface area contributed by atoms with Gasteiger partial charge < -0.3 is 5.32 Å². The first kappa shape index (κ1) is 16.9. The molecule has 0 aromatic rings. The molecule has 0 aliphatic heterocycles. The van der Waals surface area contributed by atoms with Gasteiger partial charge in [0.2, 0.25) is 10.0 Å². The first-order valence-corrected chi connectivity index (χ1v) is 8.11. The maximum Gasteiger partial charge on any atom is 0.214 e. The van der Waals surface area contributed by atoms with Crippen molar-refractivity contribution in [1.29, 1.82) is 0 Å². The smallest absolute Gasteiger partial charge is 0.214 e. The monoisotopic (exact) mass is 264 g/mol. The molecule has 0 rings (SSSR count). The van der Waals surface area contributed by atoms with Gasteiger partial charge in [-0.1, -0.05) is 20.8 Å². The molecule has 0 saturated heterocycles. The van der Waals surface area contributed by atoms with Crippen LogP contribution in [0, 0.1) is 0 Å². The van der Waals surface area contributed by atoms with Gasteiger partial charge in [-0.3, -0.25) is 0 Å². The van der Waals surface area contributed by atoms with Crippen molar-refractivity contribution in [2.45, 2.75) is 59.0 Å². The lowest BCUT2D eigenvalue weighted by molar-refractivity contribution is 0.379. The second kappa shape index (κ2) is 8.06. The van der Waals surface area contributed by atoms with Gasteiger partial charge >= 0.3 is 0 Å². The molecule has 4 nitrogen and oxygen atoms in total. The Morgan fingerprint density at radius 2 is 1.76 bits per heavy atom. The largest absolute Gasteiger partial charge is 0.315 e. The quantitative estimate of drug-likeness (QED) is 0.646. The van der Waals surface area contributed by atoms with E-state index in [1.807, 2.05) is 13.8 Å². The van der Waals surface area contributed by atoms with Crippen molar-refractivity contribution in [3.8, 4) is 0 Å². The average molecular weight is 264 g/mol. The van der Waals surface area contributed by atoms with Crippen molar-refractivity contribution in [2.75, 3.05) is 19.3 Å². The van der Waals surface area contributed by atoms with E-state index in [4.69, 9.17) is 0 Å². The maximum absolute atomic E-state index is 11.9. The minimum Gasteiger partial charge on any atom is -0.315 e. The summed E-state index contributed by atoms with van der Waals surface area (Å²) < 4.78 is 25.4. The lowest BCUT2D eigenvalue weighted by Crippen LogP contribution is -2.36. The third kappa shape index (κ3) is 7.01. The molecule has 0 bridgehead atoms. The van der Waals surface area contributed by atoms with Crippen molar-refractivity contribution >= 4 is 10.0 Å². The molecule has 0 fully saturated rings. The lowest BCUT2D eigenvalue weighted by atomic mass is 10.3. The van der Waals surface area contributed by atoms with Crippen molar-refractivity contribution < 1.29 is 8.42 Å². The van der Waals surface area contributed by atoms with Crippen molar-refractivity contribution in [1.82, 2.24) is 9.62 Å². The molecule has 0 radical (unpaired) electrons. The molecule has 0 aliphatic carbocycles. The van der Waals surface area contributed by atoms with Crippen LogP contribution in [0.15, 0.2) is 0 Å². The third-order valence-electron chi connectivity index (χ3n) is 3.03. The van der Waals surface area contributed by atoms with Crippen LogP contribution in [-0.2, 0) is 10.0 Å². The fourth-order valence-electron chi connectivity index (χ4n) is 1.48. The zero-order chi connectivity index (χ0) is 13.5. The highest BCUT2D eigenvalue weighted by Crippen LogP contribution is 2.09. The molecule has 1 atom stereocenters. The van der Waals surface area contributed by atoms with Crippen LogP contribution in [0.25, 0.3) is 0 Å². The van der Waals surface area contributed by atoms with Crippen LogP contribution in [0.4, 0.5) is 0 Å². The van der Waals surface area contributed by atoms with Gasteiger partial charge in [0.15, 0.2) is 0 Å². The van der Waals surface area contributed by atoms with Crippen molar-refractivity contribution in [2.24, 2.45) is 0 Å². The van der Waals surface area contributed by atoms with Crippen molar-refractivity contribution in [3.63, 3.8) is 0 Å². The SMILES string of the molecule is CCC(C)N(C)S(=O)(=O)CCCCNC(C)C. The van der Waals surface area contributed by atoms with Gasteiger partial charge in [-0.05, 0) is 32.7 Å². The fourth-order valence-corrected chi connectivity index (χ4v) is 3.03. The zero-order valence-corrected chi connectivity index (χ0v) is 12.7. The second-order valence-corrected chi connectivity index (χ2v) is 7.05. The molecule has 1 N–H and O–H groups in total. The van der Waals surface area contributed by atoms with Gasteiger partial charge in [0.25, 0.3) is 0 Å². The number of nitrogens with one attached hydrogen (secondary N) is 1. The van der Waals surface area contributed by atoms with E-state index in [9.17, 15) is 8.42 Å². The number of unbranched alkanes of at least 4 members (excludes halogenated alkanes) is 1. The predicted molar refractivity (Wildman–Crippen MR) is 73.7 cm³/mol. The van der Waals surface area contributed by atoms with E-state index in [0.717, 1.165) is 25.8 Å². The Morgan fingerprint density at radius 3 is 2.24 bits per heavy atom. The highest BCUT2D eigenvalue weighted by atomic mass is 32.2. The molecule has 0 amide bonds. The zero-order valence-electron chi connectivity index (χ0n) is 11.9. The van der Waals surface area contributed by atoms with E-state index in [0.29, 0.717) is 6.04 Å². The maximum atomic E-state index is 11.9. The Morgan fingerprint density at radius 1 is 1.18 bits per heavy atom. The summed E-state index contributed by atoms with van der Waals surface area (Å²) in [7, 11) is -1.39. The highest BCUT2D eigenvalue weighted by molar-refractivity contribution is 7.89. The number of nitrogens with zero attached hydrogens (tertiary/aromatic N) is 1. The number of rotatable bonds is 9. The Hall–Kier alpha value is -0.130. The summed E-state index contributed by atoms with van der Waals surface area (Å²) in [5.74, 6) is 0.258. The summed E-state index contributed by atoms with van der Waals surface area (Å²) in [6, 6.07) is 0.559. The van der Waals surface area contributed by atoms with E-state index in [1.54, 1.807) is 7.05 Å². The van der Waals surface area contributed by atoms with Crippen LogP contribution >= 0.6 is 0 Å². The Bertz CT molecular complexity index is 289. The van der Waals surface area contributed by atoms with Gasteiger partial charge in [-0.25, -0.2) is 12.7 Å². The summed E-state index contributed by atoms with van der Waals surface area (Å²) in [4.78, 5) is 0. The molecule has 1 unspecified atom stereocenters. The molecule has 104 valence electrons. The van der Waals surface area contributed by atoms with E-state index in [2.05, 4.69) is 19.2 Å². The van der Waals surface area contributed by atoms with Crippen LogP contribution in [0.2, 0.25) is 0 Å². The average Bonchev–Trinajstić information content (AvgIpc) is 2.25. The Balaban J connectivity index is 3.94. The molecular formula is C12H28N2O2S. The molecule has 0 heterocycles. The Kier molecular flexibility index (Phi) is 8.00. The van der Waals surface area contributed by atoms with Gasteiger partial charge in [0, 0.05) is 19.1 Å². The molecule has 5 heteroatoms. The normalized spacial score (nSPS) is 14.5. The minimum absolute atomic E-state index is 0.0915. The third-order valence-corrected chi connectivity index (χ3v) is 5.07. The number of hydrogen-bond acceptors (Lipinski definition) is 3.